The van der Waals surface area contributed by atoms with Crippen molar-refractivity contribution in [1.82, 2.24) is 10.2 Å². The molecular weight excluding hydrogens is 346 g/mol. The normalized spacial score (nSPS) is 22.4. The van der Waals surface area contributed by atoms with E-state index in [0.717, 1.165) is 18.9 Å². The van der Waals surface area contributed by atoms with Gasteiger partial charge in [-0.1, -0.05) is 0 Å². The van der Waals surface area contributed by atoms with Gasteiger partial charge in [0, 0.05) is 5.56 Å². The lowest BCUT2D eigenvalue weighted by atomic mass is 10.0. The summed E-state index contributed by atoms with van der Waals surface area (Å²) in [6.45, 7) is -0.357. The van der Waals surface area contributed by atoms with E-state index < -0.39 is 17.7 Å². The fourth-order valence-electron chi connectivity index (χ4n) is 2.62. The molecular formula is C14H13BrF2N2O2. The molecule has 2 amide bonds. The fourth-order valence-corrected chi connectivity index (χ4v) is 2.99. The molecule has 0 spiro atoms. The number of halogens is 3. The number of hydrogen-bond donors (Lipinski definition) is 1. The smallest absolute Gasteiger partial charge is 0.243 e. The second-order valence-electron chi connectivity index (χ2n) is 5.34. The van der Waals surface area contributed by atoms with Gasteiger partial charge in [0.25, 0.3) is 0 Å². The maximum absolute atomic E-state index is 14.1. The molecule has 21 heavy (non-hydrogen) atoms. The monoisotopic (exact) mass is 358 g/mol. The first kappa shape index (κ1) is 14.4. The molecule has 1 N–H and O–H groups in total. The molecule has 2 fully saturated rings. The molecule has 1 aromatic rings. The van der Waals surface area contributed by atoms with Gasteiger partial charge in [-0.25, -0.2) is 8.78 Å². The first-order chi connectivity index (χ1) is 9.99. The minimum atomic E-state index is -0.733. The molecule has 1 saturated heterocycles. The Balaban J connectivity index is 1.93. The standard InChI is InChI=1S/C14H13BrF2N2O2/c15-9-3-4-10(16)8(12(9)17)6-19-11(20)5-18-14(21)13(19)7-1-2-7/h3-4,7,13H,1-2,5-6H2,(H,18,21). The summed E-state index contributed by atoms with van der Waals surface area (Å²) in [5.74, 6) is -1.92. The maximum Gasteiger partial charge on any atom is 0.243 e. The number of nitrogens with zero attached hydrogens (tertiary/aromatic N) is 1. The van der Waals surface area contributed by atoms with Crippen LogP contribution < -0.4 is 5.32 Å². The SMILES string of the molecule is O=C1NCC(=O)N(Cc2c(F)ccc(Br)c2F)C1C1CC1. The van der Waals surface area contributed by atoms with E-state index in [9.17, 15) is 18.4 Å². The molecule has 7 heteroatoms. The average Bonchev–Trinajstić information content (AvgIpc) is 3.27. The summed E-state index contributed by atoms with van der Waals surface area (Å²) in [6.07, 6.45) is 1.70. The highest BCUT2D eigenvalue weighted by molar-refractivity contribution is 9.10. The van der Waals surface area contributed by atoms with Gasteiger partial charge in [-0.3, -0.25) is 9.59 Å². The number of piperazine rings is 1. The highest BCUT2D eigenvalue weighted by atomic mass is 79.9. The van der Waals surface area contributed by atoms with Gasteiger partial charge in [0.1, 0.15) is 17.7 Å². The first-order valence-electron chi connectivity index (χ1n) is 6.68. The Hall–Kier alpha value is -1.50. The van der Waals surface area contributed by atoms with Crippen molar-refractivity contribution in [2.24, 2.45) is 5.92 Å². The molecule has 1 heterocycles. The van der Waals surface area contributed by atoms with Crippen LogP contribution in [0.1, 0.15) is 18.4 Å². The Morgan fingerprint density at radius 3 is 2.67 bits per heavy atom. The number of nitrogens with one attached hydrogen (secondary N) is 1. The number of carbonyl (C=O) groups excluding carboxylic acids is 2. The van der Waals surface area contributed by atoms with Crippen LogP contribution in [0.5, 0.6) is 0 Å². The topological polar surface area (TPSA) is 49.4 Å². The van der Waals surface area contributed by atoms with E-state index in [1.54, 1.807) is 0 Å². The van der Waals surface area contributed by atoms with Crippen LogP contribution in [0.25, 0.3) is 0 Å². The van der Waals surface area contributed by atoms with E-state index in [1.807, 2.05) is 0 Å². The molecule has 1 saturated carbocycles. The van der Waals surface area contributed by atoms with Crippen molar-refractivity contribution >= 4 is 27.7 Å². The molecule has 112 valence electrons. The molecule has 1 aromatic carbocycles. The second-order valence-corrected chi connectivity index (χ2v) is 6.20. The Kier molecular flexibility index (Phi) is 3.69. The van der Waals surface area contributed by atoms with Crippen LogP contribution in [0.3, 0.4) is 0 Å². The van der Waals surface area contributed by atoms with Gasteiger partial charge in [-0.2, -0.15) is 0 Å². The largest absolute Gasteiger partial charge is 0.345 e. The van der Waals surface area contributed by atoms with Crippen LogP contribution in [-0.2, 0) is 16.1 Å². The third kappa shape index (κ3) is 2.66. The van der Waals surface area contributed by atoms with Gasteiger partial charge in [-0.15, -0.1) is 0 Å². The molecule has 1 aliphatic carbocycles. The number of hydrogen-bond acceptors (Lipinski definition) is 2. The van der Waals surface area contributed by atoms with Crippen LogP contribution in [0.4, 0.5) is 8.78 Å². The summed E-state index contributed by atoms with van der Waals surface area (Å²) in [4.78, 5) is 25.3. The highest BCUT2D eigenvalue weighted by Gasteiger charge is 2.44. The summed E-state index contributed by atoms with van der Waals surface area (Å²) in [5.41, 5.74) is -0.196. The molecule has 0 radical (unpaired) electrons. The van der Waals surface area contributed by atoms with Crippen LogP contribution in [0.2, 0.25) is 0 Å². The Morgan fingerprint density at radius 1 is 1.29 bits per heavy atom. The number of amides is 2. The Morgan fingerprint density at radius 2 is 2.00 bits per heavy atom. The minimum absolute atomic E-state index is 0.0903. The zero-order valence-corrected chi connectivity index (χ0v) is 12.6. The fraction of sp³-hybridized carbons (Fsp3) is 0.429. The van der Waals surface area contributed by atoms with E-state index in [1.165, 1.54) is 11.0 Å². The van der Waals surface area contributed by atoms with Gasteiger partial charge in [0.15, 0.2) is 0 Å². The lowest BCUT2D eigenvalue weighted by Gasteiger charge is -2.35. The Labute approximate surface area is 128 Å². The molecule has 1 atom stereocenters. The average molecular weight is 359 g/mol. The van der Waals surface area contributed by atoms with Crippen LogP contribution in [0, 0.1) is 17.6 Å². The predicted octanol–water partition coefficient (Wildman–Crippen LogP) is 1.96. The number of benzene rings is 1. The predicted molar refractivity (Wildman–Crippen MR) is 74.1 cm³/mol. The molecule has 2 aliphatic rings. The van der Waals surface area contributed by atoms with Crippen LogP contribution in [-0.4, -0.2) is 29.3 Å². The van der Waals surface area contributed by atoms with Gasteiger partial charge in [0.05, 0.1) is 17.6 Å². The second kappa shape index (κ2) is 5.36. The molecule has 3 rings (SSSR count). The van der Waals surface area contributed by atoms with Gasteiger partial charge in [0.2, 0.25) is 11.8 Å². The first-order valence-corrected chi connectivity index (χ1v) is 7.48. The number of rotatable bonds is 3. The van der Waals surface area contributed by atoms with Crippen LogP contribution in [0.15, 0.2) is 16.6 Å². The highest BCUT2D eigenvalue weighted by Crippen LogP contribution is 2.37. The van der Waals surface area contributed by atoms with Gasteiger partial charge >= 0.3 is 0 Å². The van der Waals surface area contributed by atoms with Gasteiger partial charge in [-0.05, 0) is 46.8 Å². The molecule has 0 aromatic heterocycles. The molecule has 1 unspecified atom stereocenters. The van der Waals surface area contributed by atoms with Gasteiger partial charge < -0.3 is 10.2 Å². The summed E-state index contributed by atoms with van der Waals surface area (Å²) >= 11 is 3.00. The van der Waals surface area contributed by atoms with E-state index in [4.69, 9.17) is 0 Å². The van der Waals surface area contributed by atoms with Crippen molar-refractivity contribution in [3.8, 4) is 0 Å². The van der Waals surface area contributed by atoms with E-state index >= 15 is 0 Å². The zero-order valence-electron chi connectivity index (χ0n) is 11.0. The third-order valence-corrected chi connectivity index (χ3v) is 4.49. The van der Waals surface area contributed by atoms with E-state index in [-0.39, 0.29) is 40.9 Å². The van der Waals surface area contributed by atoms with Crippen molar-refractivity contribution in [2.75, 3.05) is 6.54 Å². The number of carbonyl (C=O) groups is 2. The minimum Gasteiger partial charge on any atom is -0.345 e. The lowest BCUT2D eigenvalue weighted by molar-refractivity contribution is -0.147. The third-order valence-electron chi connectivity index (χ3n) is 3.87. The maximum atomic E-state index is 14.1. The molecule has 0 bridgehead atoms. The van der Waals surface area contributed by atoms with Crippen molar-refractivity contribution in [2.45, 2.75) is 25.4 Å². The van der Waals surface area contributed by atoms with Crippen molar-refractivity contribution in [1.29, 1.82) is 0 Å². The molecule has 1 aliphatic heterocycles. The van der Waals surface area contributed by atoms with Crippen molar-refractivity contribution in [3.63, 3.8) is 0 Å². The van der Waals surface area contributed by atoms with E-state index in [0.29, 0.717) is 0 Å². The summed E-state index contributed by atoms with van der Waals surface area (Å²) in [6, 6.07) is 1.80. The molecule has 4 nitrogen and oxygen atoms in total. The summed E-state index contributed by atoms with van der Waals surface area (Å²) in [7, 11) is 0. The van der Waals surface area contributed by atoms with Crippen LogP contribution >= 0.6 is 15.9 Å². The summed E-state index contributed by atoms with van der Waals surface area (Å²) < 4.78 is 28.0. The zero-order chi connectivity index (χ0) is 15.1. The summed E-state index contributed by atoms with van der Waals surface area (Å²) in [5, 5.41) is 2.53. The van der Waals surface area contributed by atoms with Crippen molar-refractivity contribution in [3.05, 3.63) is 33.8 Å². The van der Waals surface area contributed by atoms with Crippen molar-refractivity contribution < 1.29 is 18.4 Å². The Bertz CT molecular complexity index is 619. The van der Waals surface area contributed by atoms with E-state index in [2.05, 4.69) is 21.2 Å². The lowest BCUT2D eigenvalue weighted by Crippen LogP contribution is -2.58. The quantitative estimate of drug-likeness (QED) is 0.839.